The fourth-order valence-electron chi connectivity index (χ4n) is 4.38. The van der Waals surface area contributed by atoms with E-state index in [0.717, 1.165) is 34.6 Å². The first-order chi connectivity index (χ1) is 16.0. The zero-order valence-electron chi connectivity index (χ0n) is 18.7. The van der Waals surface area contributed by atoms with Gasteiger partial charge in [0.2, 0.25) is 0 Å². The number of fused-ring (bicyclic) bond motifs is 2. The summed E-state index contributed by atoms with van der Waals surface area (Å²) < 4.78 is 2.18. The molecule has 3 aromatic carbocycles. The van der Waals surface area contributed by atoms with Crippen LogP contribution in [-0.4, -0.2) is 16.4 Å². The predicted octanol–water partition coefficient (Wildman–Crippen LogP) is 5.57. The smallest absolute Gasteiger partial charge is 0.258 e. The normalized spacial score (nSPS) is 12.5. The molecule has 0 bridgehead atoms. The van der Waals surface area contributed by atoms with Crippen LogP contribution < -0.4 is 10.2 Å². The number of hydrogen-bond acceptors (Lipinski definition) is 2. The highest BCUT2D eigenvalue weighted by molar-refractivity contribution is 6.08. The van der Waals surface area contributed by atoms with Gasteiger partial charge in [-0.2, -0.15) is 0 Å². The molecule has 1 aromatic heterocycles. The van der Waals surface area contributed by atoms with E-state index in [4.69, 9.17) is 0 Å². The van der Waals surface area contributed by atoms with Crippen molar-refractivity contribution in [2.45, 2.75) is 26.9 Å². The summed E-state index contributed by atoms with van der Waals surface area (Å²) in [7, 11) is 0. The van der Waals surface area contributed by atoms with Gasteiger partial charge >= 0.3 is 0 Å². The third-order valence-electron chi connectivity index (χ3n) is 6.22. The molecule has 0 saturated heterocycles. The minimum absolute atomic E-state index is 0.0584. The molecule has 164 valence electrons. The third-order valence-corrected chi connectivity index (χ3v) is 6.22. The lowest BCUT2D eigenvalue weighted by Gasteiger charge is -2.23. The highest BCUT2D eigenvalue weighted by Crippen LogP contribution is 2.30. The van der Waals surface area contributed by atoms with Crippen LogP contribution >= 0.6 is 0 Å². The van der Waals surface area contributed by atoms with Gasteiger partial charge in [0.1, 0.15) is 0 Å². The number of carbonyl (C=O) groups is 2. The van der Waals surface area contributed by atoms with Gasteiger partial charge in [0.25, 0.3) is 11.8 Å². The number of aromatic nitrogens is 1. The Bertz CT molecular complexity index is 1370. The molecule has 0 unspecified atom stereocenters. The molecule has 5 nitrogen and oxygen atoms in total. The first kappa shape index (κ1) is 20.8. The van der Waals surface area contributed by atoms with Crippen LogP contribution in [0.5, 0.6) is 0 Å². The highest BCUT2D eigenvalue weighted by Gasteiger charge is 2.25. The molecule has 1 aliphatic rings. The Kier molecular flexibility index (Phi) is 5.31. The van der Waals surface area contributed by atoms with E-state index in [2.05, 4.69) is 28.2 Å². The Morgan fingerprint density at radius 3 is 2.42 bits per heavy atom. The van der Waals surface area contributed by atoms with Gasteiger partial charge in [-0.15, -0.1) is 0 Å². The van der Waals surface area contributed by atoms with Crippen molar-refractivity contribution in [3.8, 4) is 0 Å². The summed E-state index contributed by atoms with van der Waals surface area (Å²) in [5.41, 5.74) is 6.83. The van der Waals surface area contributed by atoms with Crippen LogP contribution in [0.3, 0.4) is 0 Å². The fourth-order valence-corrected chi connectivity index (χ4v) is 4.38. The number of nitrogens with one attached hydrogen (secondary N) is 1. The number of hydrogen-bond donors (Lipinski definition) is 1. The Balaban J connectivity index is 1.43. The molecule has 1 aliphatic heterocycles. The van der Waals surface area contributed by atoms with Crippen molar-refractivity contribution in [2.24, 2.45) is 0 Å². The number of aryl methyl sites for hydroxylation is 2. The molecule has 0 aliphatic carbocycles. The fraction of sp³-hybridized carbons (Fsp3) is 0.143. The van der Waals surface area contributed by atoms with E-state index in [1.54, 1.807) is 6.07 Å². The van der Waals surface area contributed by atoms with Gasteiger partial charge in [-0.1, -0.05) is 36.4 Å². The minimum Gasteiger partial charge on any atom is -0.345 e. The Hall–Kier alpha value is -4.12. The van der Waals surface area contributed by atoms with Gasteiger partial charge in [-0.05, 0) is 73.0 Å². The third kappa shape index (κ3) is 3.94. The average Bonchev–Trinajstić information content (AvgIpc) is 3.19. The van der Waals surface area contributed by atoms with Gasteiger partial charge in [0.15, 0.2) is 0 Å². The first-order valence-electron chi connectivity index (χ1n) is 11.0. The van der Waals surface area contributed by atoms with Crippen LogP contribution in [0.2, 0.25) is 0 Å². The van der Waals surface area contributed by atoms with Crippen LogP contribution in [0.15, 0.2) is 85.1 Å². The van der Waals surface area contributed by atoms with E-state index >= 15 is 0 Å². The molecule has 0 atom stereocenters. The SMILES string of the molecule is Cc1cc(C(=O)N2Cc3cccn3Cc3ccccc32)ccc1NC(=O)c1ccccc1C. The molecule has 0 radical (unpaired) electrons. The van der Waals surface area contributed by atoms with E-state index in [0.29, 0.717) is 23.4 Å². The van der Waals surface area contributed by atoms with E-state index in [-0.39, 0.29) is 11.8 Å². The number of rotatable bonds is 3. The second-order valence-corrected chi connectivity index (χ2v) is 8.45. The molecular formula is C28H25N3O2. The van der Waals surface area contributed by atoms with Gasteiger partial charge in [-0.3, -0.25) is 9.59 Å². The summed E-state index contributed by atoms with van der Waals surface area (Å²) in [6.45, 7) is 5.07. The van der Waals surface area contributed by atoms with E-state index < -0.39 is 0 Å². The first-order valence-corrected chi connectivity index (χ1v) is 11.0. The Morgan fingerprint density at radius 1 is 0.818 bits per heavy atom. The molecule has 1 N–H and O–H groups in total. The van der Waals surface area contributed by atoms with Crippen LogP contribution in [0.25, 0.3) is 0 Å². The van der Waals surface area contributed by atoms with Crippen LogP contribution in [0, 0.1) is 13.8 Å². The van der Waals surface area contributed by atoms with Gasteiger partial charge in [-0.25, -0.2) is 0 Å². The number of nitrogens with zero attached hydrogens (tertiary/aromatic N) is 2. The molecule has 5 heteroatoms. The molecule has 0 fully saturated rings. The van der Waals surface area contributed by atoms with Gasteiger partial charge in [0, 0.05) is 40.9 Å². The lowest BCUT2D eigenvalue weighted by atomic mass is 10.1. The van der Waals surface area contributed by atoms with E-state index in [1.165, 1.54) is 0 Å². The van der Waals surface area contributed by atoms with Crippen molar-refractivity contribution in [2.75, 3.05) is 10.2 Å². The standard InChI is InChI=1S/C28H25N3O2/c1-19-8-3-5-11-24(19)27(32)29-25-14-13-21(16-20(25)2)28(33)31-18-23-10-7-15-30(23)17-22-9-4-6-12-26(22)31/h3-16H,17-18H2,1-2H3,(H,29,32). The molecule has 5 rings (SSSR count). The average molecular weight is 436 g/mol. The maximum Gasteiger partial charge on any atom is 0.258 e. The summed E-state index contributed by atoms with van der Waals surface area (Å²) in [4.78, 5) is 28.2. The van der Waals surface area contributed by atoms with Crippen molar-refractivity contribution in [1.29, 1.82) is 0 Å². The summed E-state index contributed by atoms with van der Waals surface area (Å²) in [5, 5.41) is 2.98. The monoisotopic (exact) mass is 435 g/mol. The Labute approximate surface area is 193 Å². The summed E-state index contributed by atoms with van der Waals surface area (Å²) in [6, 6.07) is 25.1. The zero-order valence-corrected chi connectivity index (χ0v) is 18.7. The maximum atomic E-state index is 13.6. The van der Waals surface area contributed by atoms with Gasteiger partial charge < -0.3 is 14.8 Å². The number of anilines is 2. The molecule has 0 saturated carbocycles. The lowest BCUT2D eigenvalue weighted by molar-refractivity contribution is 0.0983. The van der Waals surface area contributed by atoms with Gasteiger partial charge in [0.05, 0.1) is 6.54 Å². The van der Waals surface area contributed by atoms with Crippen LogP contribution in [-0.2, 0) is 13.1 Å². The molecule has 2 heterocycles. The number of carbonyl (C=O) groups excluding carboxylic acids is 2. The number of para-hydroxylation sites is 1. The largest absolute Gasteiger partial charge is 0.345 e. The van der Waals surface area contributed by atoms with Crippen LogP contribution in [0.1, 0.15) is 43.1 Å². The topological polar surface area (TPSA) is 54.3 Å². The molecule has 0 spiro atoms. The molecule has 2 amide bonds. The predicted molar refractivity (Wildman–Crippen MR) is 131 cm³/mol. The summed E-state index contributed by atoms with van der Waals surface area (Å²) >= 11 is 0. The lowest BCUT2D eigenvalue weighted by Crippen LogP contribution is -2.30. The van der Waals surface area contributed by atoms with Crippen molar-refractivity contribution < 1.29 is 9.59 Å². The number of benzene rings is 3. The van der Waals surface area contributed by atoms with Crippen molar-refractivity contribution in [3.63, 3.8) is 0 Å². The van der Waals surface area contributed by atoms with Crippen molar-refractivity contribution in [3.05, 3.63) is 119 Å². The van der Waals surface area contributed by atoms with Crippen molar-refractivity contribution >= 4 is 23.2 Å². The second kappa shape index (κ2) is 8.43. The van der Waals surface area contributed by atoms with Crippen molar-refractivity contribution in [1.82, 2.24) is 4.57 Å². The molecule has 4 aromatic rings. The zero-order chi connectivity index (χ0) is 22.9. The van der Waals surface area contributed by atoms with E-state index in [1.807, 2.05) is 79.4 Å². The van der Waals surface area contributed by atoms with Crippen LogP contribution in [0.4, 0.5) is 11.4 Å². The quantitative estimate of drug-likeness (QED) is 0.458. The number of amides is 2. The molecular weight excluding hydrogens is 410 g/mol. The van der Waals surface area contributed by atoms with E-state index in [9.17, 15) is 9.59 Å². The maximum absolute atomic E-state index is 13.6. The Morgan fingerprint density at radius 2 is 1.61 bits per heavy atom. The summed E-state index contributed by atoms with van der Waals surface area (Å²) in [6.07, 6.45) is 2.05. The molecule has 33 heavy (non-hydrogen) atoms. The summed E-state index contributed by atoms with van der Waals surface area (Å²) in [5.74, 6) is -0.213. The minimum atomic E-state index is -0.155. The second-order valence-electron chi connectivity index (χ2n) is 8.45. The highest BCUT2D eigenvalue weighted by atomic mass is 16.2.